The van der Waals surface area contributed by atoms with Crippen LogP contribution in [0.5, 0.6) is 0 Å². The molecule has 0 spiro atoms. The molecule has 0 unspecified atom stereocenters. The van der Waals surface area contributed by atoms with Crippen LogP contribution in [0.2, 0.25) is 0 Å². The Bertz CT molecular complexity index is 699. The summed E-state index contributed by atoms with van der Waals surface area (Å²) >= 11 is 0. The molecule has 0 atom stereocenters. The molecule has 4 rings (SSSR count). The van der Waals surface area contributed by atoms with E-state index in [2.05, 4.69) is 62.7 Å². The van der Waals surface area contributed by atoms with Gasteiger partial charge in [0.15, 0.2) is 0 Å². The third-order valence-corrected chi connectivity index (χ3v) is 5.51. The second-order valence-corrected chi connectivity index (χ2v) is 7.78. The maximum Gasteiger partial charge on any atom is 0.495 e. The van der Waals surface area contributed by atoms with E-state index in [4.69, 9.17) is 9.31 Å². The lowest BCUT2D eigenvalue weighted by molar-refractivity contribution is 0.00578. The Morgan fingerprint density at radius 2 is 1.77 bits per heavy atom. The molecule has 22 heavy (non-hydrogen) atoms. The summed E-state index contributed by atoms with van der Waals surface area (Å²) in [4.78, 5) is 0. The van der Waals surface area contributed by atoms with E-state index in [0.29, 0.717) is 0 Å². The number of nitrogens with zero attached hydrogens (tertiary/aromatic N) is 1. The minimum absolute atomic E-state index is 0.287. The summed E-state index contributed by atoms with van der Waals surface area (Å²) in [6, 6.07) is 8.66. The molecule has 1 aliphatic carbocycles. The molecule has 1 saturated carbocycles. The Morgan fingerprint density at radius 3 is 2.41 bits per heavy atom. The maximum absolute atomic E-state index is 6.23. The quantitative estimate of drug-likeness (QED) is 0.811. The average Bonchev–Trinajstić information content (AvgIpc) is 3.11. The fraction of sp³-hybridized carbons (Fsp3) is 0.556. The van der Waals surface area contributed by atoms with E-state index in [1.54, 1.807) is 0 Å². The van der Waals surface area contributed by atoms with Crippen molar-refractivity contribution in [1.29, 1.82) is 0 Å². The molecular weight excluding hydrogens is 273 g/mol. The second kappa shape index (κ2) is 4.62. The molecule has 0 radical (unpaired) electrons. The summed E-state index contributed by atoms with van der Waals surface area (Å²) in [7, 11) is -0.287. The third-order valence-electron chi connectivity index (χ3n) is 5.51. The molecule has 0 amide bonds. The topological polar surface area (TPSA) is 23.4 Å². The van der Waals surface area contributed by atoms with E-state index in [-0.39, 0.29) is 18.3 Å². The van der Waals surface area contributed by atoms with E-state index < -0.39 is 0 Å². The fourth-order valence-corrected chi connectivity index (χ4v) is 3.16. The lowest BCUT2D eigenvalue weighted by atomic mass is 9.77. The van der Waals surface area contributed by atoms with Crippen LogP contribution < -0.4 is 5.46 Å². The van der Waals surface area contributed by atoms with Crippen molar-refractivity contribution in [3.63, 3.8) is 0 Å². The summed E-state index contributed by atoms with van der Waals surface area (Å²) in [6.07, 6.45) is 4.95. The van der Waals surface area contributed by atoms with Gasteiger partial charge in [-0.1, -0.05) is 12.1 Å². The highest BCUT2D eigenvalue weighted by molar-refractivity contribution is 6.65. The van der Waals surface area contributed by atoms with Crippen LogP contribution in [0.3, 0.4) is 0 Å². The van der Waals surface area contributed by atoms with Crippen LogP contribution in [-0.2, 0) is 15.9 Å². The molecule has 1 aromatic carbocycles. The molecule has 2 aliphatic rings. The second-order valence-electron chi connectivity index (χ2n) is 7.78. The molecule has 2 aromatic rings. The normalized spacial score (nSPS) is 23.4. The Labute approximate surface area is 132 Å². The van der Waals surface area contributed by atoms with Gasteiger partial charge in [-0.2, -0.15) is 0 Å². The van der Waals surface area contributed by atoms with Crippen molar-refractivity contribution in [3.05, 3.63) is 30.5 Å². The molecule has 4 heteroatoms. The zero-order valence-electron chi connectivity index (χ0n) is 13.9. The standard InChI is InChI=1S/C18H24BNO2/c1-17(2)18(3,4)22-19(21-17)15-6-5-7-16-14(15)10-11-20(16)12-13-8-9-13/h5-7,10-11,13H,8-9,12H2,1-4H3. The Hall–Kier alpha value is -1.26. The molecular formula is C18H24BNO2. The Balaban J connectivity index is 1.72. The molecule has 1 aromatic heterocycles. The van der Waals surface area contributed by atoms with Gasteiger partial charge in [-0.05, 0) is 69.4 Å². The zero-order valence-corrected chi connectivity index (χ0v) is 13.9. The summed E-state index contributed by atoms with van der Waals surface area (Å²) in [6.45, 7) is 9.55. The monoisotopic (exact) mass is 297 g/mol. The highest BCUT2D eigenvalue weighted by atomic mass is 16.7. The van der Waals surface area contributed by atoms with Crippen molar-refractivity contribution in [2.45, 2.75) is 58.3 Å². The summed E-state index contributed by atoms with van der Waals surface area (Å²) in [5, 5.41) is 1.25. The van der Waals surface area contributed by atoms with Crippen LogP contribution in [-0.4, -0.2) is 22.9 Å². The van der Waals surface area contributed by atoms with E-state index in [9.17, 15) is 0 Å². The van der Waals surface area contributed by atoms with Crippen molar-refractivity contribution in [2.75, 3.05) is 0 Å². The summed E-state index contributed by atoms with van der Waals surface area (Å²) in [5.74, 6) is 0.871. The molecule has 3 nitrogen and oxygen atoms in total. The van der Waals surface area contributed by atoms with Gasteiger partial charge < -0.3 is 13.9 Å². The number of hydrogen-bond donors (Lipinski definition) is 0. The Kier molecular flexibility index (Phi) is 3.01. The minimum Gasteiger partial charge on any atom is -0.399 e. The number of aromatic nitrogens is 1. The van der Waals surface area contributed by atoms with Crippen LogP contribution >= 0.6 is 0 Å². The maximum atomic E-state index is 6.23. The SMILES string of the molecule is CC1(C)OB(c2cccc3c2ccn3CC2CC2)OC1(C)C. The van der Waals surface area contributed by atoms with Crippen LogP contribution in [0.1, 0.15) is 40.5 Å². The largest absolute Gasteiger partial charge is 0.495 e. The Morgan fingerprint density at radius 1 is 1.09 bits per heavy atom. The molecule has 1 aliphatic heterocycles. The first-order chi connectivity index (χ1) is 10.4. The van der Waals surface area contributed by atoms with E-state index in [0.717, 1.165) is 17.9 Å². The lowest BCUT2D eigenvalue weighted by Crippen LogP contribution is -2.41. The molecule has 0 bridgehead atoms. The van der Waals surface area contributed by atoms with Gasteiger partial charge in [-0.25, -0.2) is 0 Å². The van der Waals surface area contributed by atoms with Crippen LogP contribution in [0.25, 0.3) is 10.9 Å². The number of rotatable bonds is 3. The first-order valence-electron chi connectivity index (χ1n) is 8.31. The van der Waals surface area contributed by atoms with E-state index >= 15 is 0 Å². The number of hydrogen-bond acceptors (Lipinski definition) is 2. The number of fused-ring (bicyclic) bond motifs is 1. The molecule has 2 heterocycles. The van der Waals surface area contributed by atoms with Gasteiger partial charge in [-0.3, -0.25) is 0 Å². The average molecular weight is 297 g/mol. The van der Waals surface area contributed by atoms with Gasteiger partial charge in [0, 0.05) is 18.3 Å². The van der Waals surface area contributed by atoms with Gasteiger partial charge in [0.2, 0.25) is 0 Å². The predicted octanol–water partition coefficient (Wildman–Crippen LogP) is 3.35. The van der Waals surface area contributed by atoms with E-state index in [1.807, 2.05) is 0 Å². The van der Waals surface area contributed by atoms with E-state index in [1.165, 1.54) is 23.7 Å². The van der Waals surface area contributed by atoms with Gasteiger partial charge in [0.05, 0.1) is 11.2 Å². The van der Waals surface area contributed by atoms with Crippen LogP contribution in [0.15, 0.2) is 30.5 Å². The first kappa shape index (κ1) is 14.3. The summed E-state index contributed by atoms with van der Waals surface area (Å²) in [5.41, 5.74) is 1.84. The fourth-order valence-electron chi connectivity index (χ4n) is 3.16. The first-order valence-corrected chi connectivity index (χ1v) is 8.31. The van der Waals surface area contributed by atoms with Crippen molar-refractivity contribution in [3.8, 4) is 0 Å². The molecule has 1 saturated heterocycles. The van der Waals surface area contributed by atoms with Crippen molar-refractivity contribution in [1.82, 2.24) is 4.57 Å². The van der Waals surface area contributed by atoms with Crippen LogP contribution in [0.4, 0.5) is 0 Å². The summed E-state index contributed by atoms with van der Waals surface area (Å²) < 4.78 is 14.8. The van der Waals surface area contributed by atoms with Gasteiger partial charge >= 0.3 is 7.12 Å². The molecule has 2 fully saturated rings. The van der Waals surface area contributed by atoms with Gasteiger partial charge in [0.1, 0.15) is 0 Å². The zero-order chi connectivity index (χ0) is 15.5. The van der Waals surface area contributed by atoms with Gasteiger partial charge in [0.25, 0.3) is 0 Å². The van der Waals surface area contributed by atoms with Crippen LogP contribution in [0, 0.1) is 5.92 Å². The smallest absolute Gasteiger partial charge is 0.399 e. The van der Waals surface area contributed by atoms with Crippen molar-refractivity contribution >= 4 is 23.5 Å². The minimum atomic E-state index is -0.295. The van der Waals surface area contributed by atoms with Crippen molar-refractivity contribution < 1.29 is 9.31 Å². The van der Waals surface area contributed by atoms with Crippen molar-refractivity contribution in [2.24, 2.45) is 5.92 Å². The highest BCUT2D eigenvalue weighted by Gasteiger charge is 2.52. The molecule has 116 valence electrons. The highest BCUT2D eigenvalue weighted by Crippen LogP contribution is 2.37. The predicted molar refractivity (Wildman–Crippen MR) is 90.4 cm³/mol. The van der Waals surface area contributed by atoms with Gasteiger partial charge in [-0.15, -0.1) is 0 Å². The molecule has 0 N–H and O–H groups in total. The lowest BCUT2D eigenvalue weighted by Gasteiger charge is -2.32. The number of benzene rings is 1. The third kappa shape index (κ3) is 2.20.